The topological polar surface area (TPSA) is 12.0 Å². The van der Waals surface area contributed by atoms with Gasteiger partial charge in [0.2, 0.25) is 0 Å². The maximum Gasteiger partial charge on any atom is 0.0463 e. The first-order chi connectivity index (χ1) is 7.92. The Balaban J connectivity index is 1.98. The Bertz CT molecular complexity index is 332. The molecular formula is C15H21N. The summed E-state index contributed by atoms with van der Waals surface area (Å²) in [4.78, 5) is 0. The summed E-state index contributed by atoms with van der Waals surface area (Å²) in [6.45, 7) is 1.20. The van der Waals surface area contributed by atoms with Crippen molar-refractivity contribution in [1.29, 1.82) is 0 Å². The zero-order valence-electron chi connectivity index (χ0n) is 9.91. The molecule has 1 saturated heterocycles. The van der Waals surface area contributed by atoms with E-state index >= 15 is 0 Å². The van der Waals surface area contributed by atoms with E-state index in [1.807, 2.05) is 0 Å². The van der Waals surface area contributed by atoms with Crippen LogP contribution < -0.4 is 5.32 Å². The normalized spacial score (nSPS) is 34.4. The third-order valence-electron chi connectivity index (χ3n) is 4.53. The zero-order valence-corrected chi connectivity index (χ0v) is 9.91. The summed E-state index contributed by atoms with van der Waals surface area (Å²) in [5.74, 6) is 0.873. The van der Waals surface area contributed by atoms with E-state index in [9.17, 15) is 0 Å². The van der Waals surface area contributed by atoms with Crippen LogP contribution in [0.15, 0.2) is 30.3 Å². The van der Waals surface area contributed by atoms with Crippen molar-refractivity contribution < 1.29 is 0 Å². The molecule has 1 aromatic rings. The van der Waals surface area contributed by atoms with Crippen LogP contribution in [0.3, 0.4) is 0 Å². The van der Waals surface area contributed by atoms with E-state index in [1.165, 1.54) is 50.6 Å². The molecule has 1 aliphatic heterocycles. The molecule has 86 valence electrons. The molecule has 2 fully saturated rings. The number of nitrogens with one attached hydrogen (secondary N) is 1. The summed E-state index contributed by atoms with van der Waals surface area (Å²) in [7, 11) is 0. The molecule has 3 rings (SSSR count). The van der Waals surface area contributed by atoms with E-state index in [0.717, 1.165) is 5.92 Å². The van der Waals surface area contributed by atoms with Gasteiger partial charge in [0.05, 0.1) is 0 Å². The monoisotopic (exact) mass is 215 g/mol. The van der Waals surface area contributed by atoms with Gasteiger partial charge in [-0.25, -0.2) is 0 Å². The van der Waals surface area contributed by atoms with Gasteiger partial charge in [0.15, 0.2) is 0 Å². The van der Waals surface area contributed by atoms with Crippen LogP contribution in [0.5, 0.6) is 0 Å². The lowest BCUT2D eigenvalue weighted by molar-refractivity contribution is 0.101. The second-order valence-corrected chi connectivity index (χ2v) is 5.35. The van der Waals surface area contributed by atoms with Crippen molar-refractivity contribution in [2.24, 2.45) is 5.92 Å². The molecule has 0 radical (unpaired) electrons. The van der Waals surface area contributed by atoms with E-state index in [4.69, 9.17) is 0 Å². The van der Waals surface area contributed by atoms with Gasteiger partial charge >= 0.3 is 0 Å². The average Bonchev–Trinajstić information content (AvgIpc) is 2.40. The van der Waals surface area contributed by atoms with E-state index in [1.54, 1.807) is 0 Å². The minimum atomic E-state index is 0.317. The van der Waals surface area contributed by atoms with Gasteiger partial charge in [-0.05, 0) is 43.7 Å². The fourth-order valence-electron chi connectivity index (χ4n) is 3.75. The molecule has 2 aliphatic rings. The van der Waals surface area contributed by atoms with Crippen LogP contribution in [-0.2, 0) is 5.54 Å². The van der Waals surface area contributed by atoms with Crippen molar-refractivity contribution in [2.75, 3.05) is 6.54 Å². The van der Waals surface area contributed by atoms with Crippen LogP contribution in [0.4, 0.5) is 0 Å². The van der Waals surface area contributed by atoms with E-state index in [-0.39, 0.29) is 0 Å². The molecular weight excluding hydrogens is 194 g/mol. The molecule has 1 nitrogen and oxygen atoms in total. The zero-order chi connectivity index (χ0) is 10.8. The first-order valence-corrected chi connectivity index (χ1v) is 6.72. The lowest BCUT2D eigenvalue weighted by Crippen LogP contribution is -2.53. The Labute approximate surface area is 98.3 Å². The number of hydrogen-bond acceptors (Lipinski definition) is 1. The van der Waals surface area contributed by atoms with E-state index in [0.29, 0.717) is 5.54 Å². The van der Waals surface area contributed by atoms with Crippen molar-refractivity contribution in [3.63, 3.8) is 0 Å². The Morgan fingerprint density at radius 3 is 2.69 bits per heavy atom. The summed E-state index contributed by atoms with van der Waals surface area (Å²) in [5, 5.41) is 3.85. The van der Waals surface area contributed by atoms with Gasteiger partial charge in [0.1, 0.15) is 0 Å². The van der Waals surface area contributed by atoms with E-state index < -0.39 is 0 Å². The fourth-order valence-corrected chi connectivity index (χ4v) is 3.75. The number of hydrogen-bond donors (Lipinski definition) is 1. The summed E-state index contributed by atoms with van der Waals surface area (Å²) in [6.07, 6.45) is 8.35. The summed E-state index contributed by atoms with van der Waals surface area (Å²) in [6, 6.07) is 11.1. The number of fused-ring (bicyclic) bond motifs is 1. The molecule has 2 atom stereocenters. The largest absolute Gasteiger partial charge is 0.307 e. The molecule has 0 bridgehead atoms. The average molecular weight is 215 g/mol. The highest BCUT2D eigenvalue weighted by Crippen LogP contribution is 2.45. The third kappa shape index (κ3) is 1.58. The van der Waals surface area contributed by atoms with Crippen LogP contribution in [0.1, 0.15) is 44.1 Å². The fraction of sp³-hybridized carbons (Fsp3) is 0.600. The minimum absolute atomic E-state index is 0.317. The molecule has 1 heterocycles. The van der Waals surface area contributed by atoms with Crippen molar-refractivity contribution in [3.05, 3.63) is 35.9 Å². The summed E-state index contributed by atoms with van der Waals surface area (Å²) < 4.78 is 0. The van der Waals surface area contributed by atoms with Gasteiger partial charge in [0.25, 0.3) is 0 Å². The predicted octanol–water partition coefficient (Wildman–Crippen LogP) is 3.46. The molecule has 16 heavy (non-hydrogen) atoms. The first kappa shape index (κ1) is 10.3. The van der Waals surface area contributed by atoms with Gasteiger partial charge in [-0.1, -0.05) is 43.2 Å². The second kappa shape index (κ2) is 4.21. The molecule has 0 spiro atoms. The highest BCUT2D eigenvalue weighted by atomic mass is 15.0. The van der Waals surface area contributed by atoms with Gasteiger partial charge in [0, 0.05) is 5.54 Å². The molecule has 1 saturated carbocycles. The SMILES string of the molecule is c1ccc([C@@]23CCCC[C@H]2CCCN3)cc1. The van der Waals surface area contributed by atoms with Gasteiger partial charge in [-0.15, -0.1) is 0 Å². The van der Waals surface area contributed by atoms with Crippen LogP contribution in [0.25, 0.3) is 0 Å². The smallest absolute Gasteiger partial charge is 0.0463 e. The Kier molecular flexibility index (Phi) is 2.72. The minimum Gasteiger partial charge on any atom is -0.307 e. The highest BCUT2D eigenvalue weighted by Gasteiger charge is 2.42. The van der Waals surface area contributed by atoms with Crippen LogP contribution in [0.2, 0.25) is 0 Å². The Morgan fingerprint density at radius 1 is 1.00 bits per heavy atom. The van der Waals surface area contributed by atoms with Crippen molar-refractivity contribution in [1.82, 2.24) is 5.32 Å². The molecule has 1 heteroatoms. The molecule has 1 aromatic carbocycles. The lowest BCUT2D eigenvalue weighted by Gasteiger charge is -2.48. The second-order valence-electron chi connectivity index (χ2n) is 5.35. The van der Waals surface area contributed by atoms with Crippen LogP contribution >= 0.6 is 0 Å². The van der Waals surface area contributed by atoms with Gasteiger partial charge < -0.3 is 5.32 Å². The lowest BCUT2D eigenvalue weighted by atomic mass is 9.65. The number of piperidine rings is 1. The van der Waals surface area contributed by atoms with Crippen molar-refractivity contribution >= 4 is 0 Å². The molecule has 0 aromatic heterocycles. The van der Waals surface area contributed by atoms with Crippen LogP contribution in [-0.4, -0.2) is 6.54 Å². The van der Waals surface area contributed by atoms with Crippen molar-refractivity contribution in [3.8, 4) is 0 Å². The third-order valence-corrected chi connectivity index (χ3v) is 4.53. The maximum absolute atomic E-state index is 3.85. The summed E-state index contributed by atoms with van der Waals surface area (Å²) in [5.41, 5.74) is 1.84. The molecule has 0 amide bonds. The van der Waals surface area contributed by atoms with Gasteiger partial charge in [-0.2, -0.15) is 0 Å². The Hall–Kier alpha value is -0.820. The quantitative estimate of drug-likeness (QED) is 0.756. The maximum atomic E-state index is 3.85. The molecule has 0 unspecified atom stereocenters. The number of benzene rings is 1. The molecule has 1 N–H and O–H groups in total. The standard InChI is InChI=1S/C15H21N/c1-2-7-13(8-3-1)15-11-5-4-9-14(15)10-6-12-16-15/h1-3,7-8,14,16H,4-6,9-12H2/t14-,15-/m0/s1. The number of rotatable bonds is 1. The highest BCUT2D eigenvalue weighted by molar-refractivity contribution is 5.27. The van der Waals surface area contributed by atoms with Crippen molar-refractivity contribution in [2.45, 2.75) is 44.1 Å². The Morgan fingerprint density at radius 2 is 1.81 bits per heavy atom. The predicted molar refractivity (Wildman–Crippen MR) is 67.3 cm³/mol. The van der Waals surface area contributed by atoms with E-state index in [2.05, 4.69) is 35.6 Å². The molecule has 1 aliphatic carbocycles. The van der Waals surface area contributed by atoms with Crippen LogP contribution in [0, 0.1) is 5.92 Å². The van der Waals surface area contributed by atoms with Gasteiger partial charge in [-0.3, -0.25) is 0 Å². The summed E-state index contributed by atoms with van der Waals surface area (Å²) >= 11 is 0. The first-order valence-electron chi connectivity index (χ1n) is 6.72.